The van der Waals surface area contributed by atoms with Crippen LogP contribution in [0.5, 0.6) is 5.75 Å². The van der Waals surface area contributed by atoms with Crippen LogP contribution in [0.3, 0.4) is 0 Å². The number of hydrogen-bond donors (Lipinski definition) is 0. The third-order valence-electron chi connectivity index (χ3n) is 3.60. The minimum absolute atomic E-state index is 0.0449. The summed E-state index contributed by atoms with van der Waals surface area (Å²) < 4.78 is 5.48. The Morgan fingerprint density at radius 2 is 1.96 bits per heavy atom. The van der Waals surface area contributed by atoms with Gasteiger partial charge >= 0.3 is 0 Å². The minimum Gasteiger partial charge on any atom is -0.482 e. The molecule has 4 nitrogen and oxygen atoms in total. The van der Waals surface area contributed by atoms with E-state index in [2.05, 4.69) is 0 Å². The van der Waals surface area contributed by atoms with E-state index in [4.69, 9.17) is 27.9 Å². The molecule has 3 rings (SSSR count). The van der Waals surface area contributed by atoms with E-state index >= 15 is 0 Å². The van der Waals surface area contributed by atoms with Crippen LogP contribution in [0, 0.1) is 0 Å². The summed E-state index contributed by atoms with van der Waals surface area (Å²) in [5.41, 5.74) is 1.18. The molecule has 0 aliphatic carbocycles. The first-order valence-corrected chi connectivity index (χ1v) is 7.82. The van der Waals surface area contributed by atoms with Gasteiger partial charge in [-0.3, -0.25) is 9.59 Å². The molecule has 0 N–H and O–H groups in total. The molecule has 0 bridgehead atoms. The van der Waals surface area contributed by atoms with Gasteiger partial charge in [-0.05, 0) is 24.3 Å². The Kier molecular flexibility index (Phi) is 4.55. The second-order valence-corrected chi connectivity index (χ2v) is 5.94. The number of anilines is 1. The third kappa shape index (κ3) is 3.33. The standard InChI is InChI=1S/C17H13Cl2NO3/c18-11-5-6-13(19)16(9-11)23-10-17(22)20-8-7-15(21)12-3-1-2-4-14(12)20/h1-6,9H,7-8,10H2. The van der Waals surface area contributed by atoms with Crippen LogP contribution in [-0.2, 0) is 4.79 Å². The quantitative estimate of drug-likeness (QED) is 0.841. The van der Waals surface area contributed by atoms with Crippen LogP contribution >= 0.6 is 23.2 Å². The van der Waals surface area contributed by atoms with Crippen LogP contribution in [0.15, 0.2) is 42.5 Å². The maximum absolute atomic E-state index is 12.5. The fourth-order valence-electron chi connectivity index (χ4n) is 2.48. The number of hydrogen-bond acceptors (Lipinski definition) is 3. The molecule has 1 amide bonds. The van der Waals surface area contributed by atoms with E-state index in [9.17, 15) is 9.59 Å². The topological polar surface area (TPSA) is 46.6 Å². The lowest BCUT2D eigenvalue weighted by atomic mass is 10.0. The molecule has 2 aromatic carbocycles. The lowest BCUT2D eigenvalue weighted by Gasteiger charge is -2.28. The summed E-state index contributed by atoms with van der Waals surface area (Å²) in [6.45, 7) is 0.171. The van der Waals surface area contributed by atoms with Crippen molar-refractivity contribution in [1.82, 2.24) is 0 Å². The summed E-state index contributed by atoms with van der Waals surface area (Å²) in [7, 11) is 0. The number of halogens is 2. The van der Waals surface area contributed by atoms with E-state index < -0.39 is 0 Å². The molecule has 118 valence electrons. The highest BCUT2D eigenvalue weighted by Crippen LogP contribution is 2.29. The average molecular weight is 350 g/mol. The van der Waals surface area contributed by atoms with Gasteiger partial charge in [0.2, 0.25) is 0 Å². The number of carbonyl (C=O) groups excluding carboxylic acids is 2. The average Bonchev–Trinajstić information content (AvgIpc) is 2.56. The number of ketones is 1. The van der Waals surface area contributed by atoms with Crippen molar-refractivity contribution in [2.75, 3.05) is 18.1 Å². The second-order valence-electron chi connectivity index (χ2n) is 5.10. The monoisotopic (exact) mass is 349 g/mol. The predicted molar refractivity (Wildman–Crippen MR) is 89.7 cm³/mol. The Morgan fingerprint density at radius 1 is 1.17 bits per heavy atom. The van der Waals surface area contributed by atoms with Gasteiger partial charge in [0.15, 0.2) is 12.4 Å². The van der Waals surface area contributed by atoms with Gasteiger partial charge in [-0.15, -0.1) is 0 Å². The lowest BCUT2D eigenvalue weighted by Crippen LogP contribution is -2.40. The summed E-state index contributed by atoms with van der Waals surface area (Å²) >= 11 is 11.9. The number of fused-ring (bicyclic) bond motifs is 1. The van der Waals surface area contributed by atoms with Crippen molar-refractivity contribution in [2.45, 2.75) is 6.42 Å². The summed E-state index contributed by atoms with van der Waals surface area (Å²) in [5, 5.41) is 0.863. The van der Waals surface area contributed by atoms with Crippen LogP contribution < -0.4 is 9.64 Å². The second kappa shape index (κ2) is 6.60. The fraction of sp³-hybridized carbons (Fsp3) is 0.176. The molecule has 6 heteroatoms. The van der Waals surface area contributed by atoms with E-state index in [1.54, 1.807) is 47.4 Å². The first-order valence-electron chi connectivity index (χ1n) is 7.06. The van der Waals surface area contributed by atoms with Crippen LogP contribution in [0.25, 0.3) is 0 Å². The summed E-state index contributed by atoms with van der Waals surface area (Å²) in [6.07, 6.45) is 0.306. The molecule has 1 aliphatic heterocycles. The minimum atomic E-state index is -0.235. The predicted octanol–water partition coefficient (Wildman–Crippen LogP) is 3.99. The molecule has 0 fully saturated rings. The Bertz CT molecular complexity index is 776. The van der Waals surface area contributed by atoms with Crippen molar-refractivity contribution in [1.29, 1.82) is 0 Å². The van der Waals surface area contributed by atoms with Crippen molar-refractivity contribution in [2.24, 2.45) is 0 Å². The Hall–Kier alpha value is -2.04. The lowest BCUT2D eigenvalue weighted by molar-refractivity contribution is -0.120. The molecular weight excluding hydrogens is 337 g/mol. The van der Waals surface area contributed by atoms with Crippen molar-refractivity contribution in [3.63, 3.8) is 0 Å². The number of ether oxygens (including phenoxy) is 1. The smallest absolute Gasteiger partial charge is 0.264 e. The maximum Gasteiger partial charge on any atom is 0.264 e. The molecule has 2 aromatic rings. The molecule has 1 heterocycles. The number of carbonyl (C=O) groups is 2. The van der Waals surface area contributed by atoms with Gasteiger partial charge in [-0.25, -0.2) is 0 Å². The van der Waals surface area contributed by atoms with E-state index in [0.717, 1.165) is 0 Å². The number of benzene rings is 2. The third-order valence-corrected chi connectivity index (χ3v) is 4.15. The van der Waals surface area contributed by atoms with Gasteiger partial charge < -0.3 is 9.64 Å². The van der Waals surface area contributed by atoms with Gasteiger partial charge in [0, 0.05) is 29.6 Å². The highest BCUT2D eigenvalue weighted by molar-refractivity contribution is 6.34. The van der Waals surface area contributed by atoms with Gasteiger partial charge in [-0.2, -0.15) is 0 Å². The van der Waals surface area contributed by atoms with Gasteiger partial charge in [0.1, 0.15) is 5.75 Å². The van der Waals surface area contributed by atoms with E-state index in [1.165, 1.54) is 0 Å². The number of nitrogens with zero attached hydrogens (tertiary/aromatic N) is 1. The van der Waals surface area contributed by atoms with Gasteiger partial charge in [0.25, 0.3) is 5.91 Å². The van der Waals surface area contributed by atoms with Crippen molar-refractivity contribution >= 4 is 40.6 Å². The van der Waals surface area contributed by atoms with Crippen LogP contribution in [-0.4, -0.2) is 24.8 Å². The van der Waals surface area contributed by atoms with Gasteiger partial charge in [0.05, 0.1) is 10.7 Å². The summed E-state index contributed by atoms with van der Waals surface area (Å²) in [5.74, 6) is 0.165. The highest BCUT2D eigenvalue weighted by Gasteiger charge is 2.27. The Morgan fingerprint density at radius 3 is 2.78 bits per heavy atom. The van der Waals surface area contributed by atoms with Crippen molar-refractivity contribution in [3.05, 3.63) is 58.1 Å². The molecule has 0 spiro atoms. The Balaban J connectivity index is 1.75. The zero-order valence-electron chi connectivity index (χ0n) is 12.1. The first kappa shape index (κ1) is 15.8. The molecule has 0 unspecified atom stereocenters. The van der Waals surface area contributed by atoms with E-state index in [0.29, 0.717) is 40.0 Å². The molecular formula is C17H13Cl2NO3. The number of para-hydroxylation sites is 1. The first-order chi connectivity index (χ1) is 11.1. The highest BCUT2D eigenvalue weighted by atomic mass is 35.5. The van der Waals surface area contributed by atoms with Crippen LogP contribution in [0.1, 0.15) is 16.8 Å². The molecule has 0 radical (unpaired) electrons. The number of rotatable bonds is 3. The van der Waals surface area contributed by atoms with Crippen molar-refractivity contribution < 1.29 is 14.3 Å². The molecule has 0 atom stereocenters. The van der Waals surface area contributed by atoms with Crippen molar-refractivity contribution in [3.8, 4) is 5.75 Å². The summed E-state index contributed by atoms with van der Waals surface area (Å²) in [4.78, 5) is 25.9. The zero-order valence-corrected chi connectivity index (χ0v) is 13.6. The maximum atomic E-state index is 12.5. The summed E-state index contributed by atoms with van der Waals surface area (Å²) in [6, 6.07) is 11.9. The molecule has 23 heavy (non-hydrogen) atoms. The normalized spacial score (nSPS) is 13.7. The SMILES string of the molecule is O=C1CCN(C(=O)COc2cc(Cl)ccc2Cl)c2ccccc21. The fourth-order valence-corrected chi connectivity index (χ4v) is 2.81. The number of amides is 1. The Labute approximate surface area is 143 Å². The van der Waals surface area contributed by atoms with Gasteiger partial charge in [-0.1, -0.05) is 35.3 Å². The molecule has 1 aliphatic rings. The van der Waals surface area contributed by atoms with E-state index in [1.807, 2.05) is 0 Å². The molecule has 0 aromatic heterocycles. The van der Waals surface area contributed by atoms with Crippen LogP contribution in [0.4, 0.5) is 5.69 Å². The zero-order chi connectivity index (χ0) is 16.4. The largest absolute Gasteiger partial charge is 0.482 e. The molecule has 0 saturated heterocycles. The molecule has 0 saturated carbocycles. The van der Waals surface area contributed by atoms with E-state index in [-0.39, 0.29) is 18.3 Å². The number of Topliss-reactive ketones (excluding diaryl/α,β-unsaturated/α-hetero) is 1. The van der Waals surface area contributed by atoms with Crippen LogP contribution in [0.2, 0.25) is 10.0 Å².